The lowest BCUT2D eigenvalue weighted by molar-refractivity contribution is -0.124. The summed E-state index contributed by atoms with van der Waals surface area (Å²) in [6, 6.07) is 16.6. The van der Waals surface area contributed by atoms with E-state index in [-0.39, 0.29) is 18.2 Å². The van der Waals surface area contributed by atoms with Crippen molar-refractivity contribution in [1.29, 1.82) is 0 Å². The highest BCUT2D eigenvalue weighted by Crippen LogP contribution is 2.28. The Morgan fingerprint density at radius 2 is 1.72 bits per heavy atom. The van der Waals surface area contributed by atoms with E-state index in [0.717, 1.165) is 5.39 Å². The van der Waals surface area contributed by atoms with E-state index < -0.39 is 12.1 Å². The number of rotatable bonds is 6. The van der Waals surface area contributed by atoms with Crippen molar-refractivity contribution < 1.29 is 23.5 Å². The predicted octanol–water partition coefficient (Wildman–Crippen LogP) is 4.15. The van der Waals surface area contributed by atoms with Gasteiger partial charge in [-0.2, -0.15) is 0 Å². The van der Waals surface area contributed by atoms with Crippen molar-refractivity contribution in [2.24, 2.45) is 0 Å². The van der Waals surface area contributed by atoms with E-state index >= 15 is 0 Å². The van der Waals surface area contributed by atoms with E-state index in [1.807, 2.05) is 48.5 Å². The Morgan fingerprint density at radius 1 is 1.04 bits per heavy atom. The zero-order chi connectivity index (χ0) is 17.8. The number of benzene rings is 2. The Hall–Kier alpha value is -3.08. The zero-order valence-electron chi connectivity index (χ0n) is 14.0. The van der Waals surface area contributed by atoms with Crippen LogP contribution in [0, 0.1) is 0 Å². The van der Waals surface area contributed by atoms with Gasteiger partial charge in [-0.15, -0.1) is 0 Å². The number of furan rings is 1. The van der Waals surface area contributed by atoms with Crippen LogP contribution in [-0.4, -0.2) is 17.9 Å². The number of esters is 1. The normalized spacial score (nSPS) is 11.9. The number of fused-ring (bicyclic) bond motifs is 1. The SMILES string of the molecule is CC(=O)C(C)OC(=O)c1oc2ccccc2c1COc1ccccc1. The first-order valence-corrected chi connectivity index (χ1v) is 7.96. The molecule has 0 aliphatic rings. The standard InChI is InChI=1S/C20H18O5/c1-13(21)14(2)24-20(22)19-17(12-23-15-8-4-3-5-9-15)16-10-6-7-11-18(16)25-19/h3-11,14H,12H2,1-2H3. The molecule has 0 radical (unpaired) electrons. The molecule has 0 saturated carbocycles. The number of carbonyl (C=O) groups is 2. The van der Waals surface area contributed by atoms with E-state index in [1.54, 1.807) is 6.07 Å². The molecule has 0 aliphatic heterocycles. The van der Waals surface area contributed by atoms with Crippen LogP contribution in [0.15, 0.2) is 59.0 Å². The van der Waals surface area contributed by atoms with Crippen molar-refractivity contribution in [3.8, 4) is 5.75 Å². The van der Waals surface area contributed by atoms with E-state index in [2.05, 4.69) is 0 Å². The number of para-hydroxylation sites is 2. The minimum atomic E-state index is -0.830. The Balaban J connectivity index is 1.91. The van der Waals surface area contributed by atoms with E-state index in [4.69, 9.17) is 13.9 Å². The molecule has 5 heteroatoms. The molecule has 1 unspecified atom stereocenters. The van der Waals surface area contributed by atoms with Gasteiger partial charge in [0, 0.05) is 5.39 Å². The number of ketones is 1. The second-order valence-corrected chi connectivity index (χ2v) is 5.67. The lowest BCUT2D eigenvalue weighted by Crippen LogP contribution is -2.22. The summed E-state index contributed by atoms with van der Waals surface area (Å²) in [7, 11) is 0. The van der Waals surface area contributed by atoms with Gasteiger partial charge in [0.25, 0.3) is 0 Å². The average Bonchev–Trinajstić information content (AvgIpc) is 2.99. The summed E-state index contributed by atoms with van der Waals surface area (Å²) >= 11 is 0. The quantitative estimate of drug-likeness (QED) is 0.632. The highest BCUT2D eigenvalue weighted by atomic mass is 16.6. The fourth-order valence-electron chi connectivity index (χ4n) is 2.38. The van der Waals surface area contributed by atoms with E-state index in [9.17, 15) is 9.59 Å². The van der Waals surface area contributed by atoms with E-state index in [1.165, 1.54) is 13.8 Å². The van der Waals surface area contributed by atoms with Crippen LogP contribution >= 0.6 is 0 Å². The van der Waals surface area contributed by atoms with Gasteiger partial charge in [0.1, 0.15) is 17.9 Å². The predicted molar refractivity (Wildman–Crippen MR) is 92.5 cm³/mol. The Kier molecular flexibility index (Phi) is 4.84. The lowest BCUT2D eigenvalue weighted by atomic mass is 10.1. The van der Waals surface area contributed by atoms with Crippen molar-refractivity contribution in [3.05, 3.63) is 65.9 Å². The van der Waals surface area contributed by atoms with Crippen LogP contribution in [0.1, 0.15) is 30.0 Å². The van der Waals surface area contributed by atoms with Gasteiger partial charge in [-0.3, -0.25) is 4.79 Å². The number of Topliss-reactive ketones (excluding diaryl/α,β-unsaturated/α-hetero) is 1. The highest BCUT2D eigenvalue weighted by Gasteiger charge is 2.25. The van der Waals surface area contributed by atoms with Crippen molar-refractivity contribution in [2.75, 3.05) is 0 Å². The molecule has 0 amide bonds. The van der Waals surface area contributed by atoms with Crippen LogP contribution < -0.4 is 4.74 Å². The molecule has 0 aliphatic carbocycles. The summed E-state index contributed by atoms with van der Waals surface area (Å²) in [6.45, 7) is 3.05. The van der Waals surface area contributed by atoms with Crippen LogP contribution in [0.2, 0.25) is 0 Å². The number of hydrogen-bond acceptors (Lipinski definition) is 5. The van der Waals surface area contributed by atoms with Crippen molar-refractivity contribution in [2.45, 2.75) is 26.6 Å². The minimum absolute atomic E-state index is 0.0604. The number of hydrogen-bond donors (Lipinski definition) is 0. The second kappa shape index (κ2) is 7.21. The summed E-state index contributed by atoms with van der Waals surface area (Å²) in [5.41, 5.74) is 1.16. The van der Waals surface area contributed by atoms with Crippen LogP contribution in [-0.2, 0) is 16.1 Å². The minimum Gasteiger partial charge on any atom is -0.489 e. The third kappa shape index (κ3) is 3.71. The molecule has 1 heterocycles. The molecule has 0 fully saturated rings. The Labute approximate surface area is 145 Å². The first-order valence-electron chi connectivity index (χ1n) is 7.96. The summed E-state index contributed by atoms with van der Waals surface area (Å²) in [6.07, 6.45) is -0.830. The van der Waals surface area contributed by atoms with E-state index in [0.29, 0.717) is 16.9 Å². The van der Waals surface area contributed by atoms with Gasteiger partial charge < -0.3 is 13.9 Å². The molecular formula is C20H18O5. The lowest BCUT2D eigenvalue weighted by Gasteiger charge is -2.10. The number of ether oxygens (including phenoxy) is 2. The maximum absolute atomic E-state index is 12.4. The van der Waals surface area contributed by atoms with Crippen LogP contribution in [0.4, 0.5) is 0 Å². The van der Waals surface area contributed by atoms with Crippen molar-refractivity contribution in [1.82, 2.24) is 0 Å². The molecule has 25 heavy (non-hydrogen) atoms. The smallest absolute Gasteiger partial charge is 0.375 e. The highest BCUT2D eigenvalue weighted by molar-refractivity contribution is 5.97. The van der Waals surface area contributed by atoms with Gasteiger partial charge in [-0.25, -0.2) is 4.79 Å². The molecular weight excluding hydrogens is 320 g/mol. The monoisotopic (exact) mass is 338 g/mol. The molecule has 128 valence electrons. The summed E-state index contributed by atoms with van der Waals surface area (Å²) in [5, 5.41) is 0.779. The Morgan fingerprint density at radius 3 is 2.44 bits per heavy atom. The molecule has 5 nitrogen and oxygen atoms in total. The summed E-state index contributed by atoms with van der Waals surface area (Å²) in [4.78, 5) is 23.8. The van der Waals surface area contributed by atoms with Gasteiger partial charge in [0.05, 0.1) is 5.56 Å². The molecule has 0 N–H and O–H groups in total. The zero-order valence-corrected chi connectivity index (χ0v) is 14.0. The molecule has 0 saturated heterocycles. The van der Waals surface area contributed by atoms with Crippen LogP contribution in [0.5, 0.6) is 5.75 Å². The largest absolute Gasteiger partial charge is 0.489 e. The first-order chi connectivity index (χ1) is 12.1. The Bertz CT molecular complexity index is 895. The second-order valence-electron chi connectivity index (χ2n) is 5.67. The first kappa shape index (κ1) is 16.8. The fraction of sp³-hybridized carbons (Fsp3) is 0.200. The van der Waals surface area contributed by atoms with Crippen LogP contribution in [0.3, 0.4) is 0 Å². The van der Waals surface area contributed by atoms with Gasteiger partial charge in [-0.1, -0.05) is 36.4 Å². The van der Waals surface area contributed by atoms with Gasteiger partial charge in [0.2, 0.25) is 5.76 Å². The maximum atomic E-state index is 12.4. The summed E-state index contributed by atoms with van der Waals surface area (Å²) < 4.78 is 16.6. The third-order valence-corrected chi connectivity index (χ3v) is 3.87. The van der Waals surface area contributed by atoms with Crippen molar-refractivity contribution >= 4 is 22.7 Å². The van der Waals surface area contributed by atoms with Gasteiger partial charge in [-0.05, 0) is 32.0 Å². The number of carbonyl (C=O) groups excluding carboxylic acids is 2. The topological polar surface area (TPSA) is 65.7 Å². The molecule has 3 rings (SSSR count). The maximum Gasteiger partial charge on any atom is 0.375 e. The molecule has 0 spiro atoms. The van der Waals surface area contributed by atoms with Gasteiger partial charge in [0.15, 0.2) is 11.9 Å². The molecule has 1 aromatic heterocycles. The third-order valence-electron chi connectivity index (χ3n) is 3.87. The molecule has 3 aromatic rings. The van der Waals surface area contributed by atoms with Crippen molar-refractivity contribution in [3.63, 3.8) is 0 Å². The fourth-order valence-corrected chi connectivity index (χ4v) is 2.38. The molecule has 2 aromatic carbocycles. The van der Waals surface area contributed by atoms with Crippen LogP contribution in [0.25, 0.3) is 11.0 Å². The molecule has 1 atom stereocenters. The summed E-state index contributed by atoms with van der Waals surface area (Å²) in [5.74, 6) is -0.161. The average molecular weight is 338 g/mol. The molecule has 0 bridgehead atoms. The van der Waals surface area contributed by atoms with Gasteiger partial charge >= 0.3 is 5.97 Å².